The van der Waals surface area contributed by atoms with Crippen LogP contribution in [0.3, 0.4) is 0 Å². The van der Waals surface area contributed by atoms with Crippen LogP contribution >= 0.6 is 0 Å². The lowest BCUT2D eigenvalue weighted by Gasteiger charge is -2.37. The summed E-state index contributed by atoms with van der Waals surface area (Å²) < 4.78 is 46.4. The van der Waals surface area contributed by atoms with Gasteiger partial charge >= 0.3 is 0 Å². The average molecular weight is 325 g/mol. The Balaban J connectivity index is 1.55. The average Bonchev–Trinajstić information content (AvgIpc) is 2.86. The third kappa shape index (κ3) is 2.90. The Labute approximate surface area is 128 Å². The maximum atomic E-state index is 13.5. The molecule has 22 heavy (non-hydrogen) atoms. The summed E-state index contributed by atoms with van der Waals surface area (Å²) in [7, 11) is -1.85. The van der Waals surface area contributed by atoms with Crippen molar-refractivity contribution in [1.29, 1.82) is 0 Å². The Morgan fingerprint density at radius 2 is 2.09 bits per heavy atom. The van der Waals surface area contributed by atoms with E-state index in [0.29, 0.717) is 5.56 Å². The molecular formula is C14H16FN3O3S. The minimum atomic E-state index is -3.56. The third-order valence-corrected chi connectivity index (χ3v) is 5.25. The molecule has 2 heterocycles. The molecule has 0 unspecified atom stereocenters. The summed E-state index contributed by atoms with van der Waals surface area (Å²) in [6.45, 7) is 0.648. The number of hydrogen-bond acceptors (Lipinski definition) is 4. The lowest BCUT2D eigenvalue weighted by atomic mass is 10.2. The lowest BCUT2D eigenvalue weighted by molar-refractivity contribution is -0.0305. The van der Waals surface area contributed by atoms with Crippen molar-refractivity contribution < 1.29 is 17.5 Å². The molecule has 0 aliphatic carbocycles. The second kappa shape index (κ2) is 5.79. The van der Waals surface area contributed by atoms with Gasteiger partial charge in [-0.2, -0.15) is 4.31 Å². The van der Waals surface area contributed by atoms with Gasteiger partial charge in [-0.3, -0.25) is 0 Å². The maximum absolute atomic E-state index is 13.5. The zero-order valence-electron chi connectivity index (χ0n) is 12.0. The maximum Gasteiger partial charge on any atom is 0.262 e. The predicted octanol–water partition coefficient (Wildman–Crippen LogP) is 1.15. The highest BCUT2D eigenvalue weighted by atomic mass is 32.2. The van der Waals surface area contributed by atoms with Crippen LogP contribution in [0.5, 0.6) is 0 Å². The number of aromatic nitrogens is 2. The van der Waals surface area contributed by atoms with Crippen molar-refractivity contribution in [3.8, 4) is 0 Å². The Morgan fingerprint density at radius 3 is 2.73 bits per heavy atom. The van der Waals surface area contributed by atoms with Crippen LogP contribution in [0.1, 0.15) is 5.56 Å². The number of aryl methyl sites for hydroxylation is 1. The first kappa shape index (κ1) is 15.1. The number of ether oxygens (including phenoxy) is 1. The minimum absolute atomic E-state index is 0.0301. The zero-order chi connectivity index (χ0) is 15.7. The number of hydrogen-bond donors (Lipinski definition) is 0. The Morgan fingerprint density at radius 1 is 1.36 bits per heavy atom. The van der Waals surface area contributed by atoms with E-state index < -0.39 is 10.0 Å². The smallest absolute Gasteiger partial charge is 0.262 e. The number of benzene rings is 1. The number of sulfonamides is 1. The largest absolute Gasteiger partial charge is 0.371 e. The number of imidazole rings is 1. The highest BCUT2D eigenvalue weighted by Gasteiger charge is 2.38. The quantitative estimate of drug-likeness (QED) is 0.827. The van der Waals surface area contributed by atoms with Gasteiger partial charge in [0.2, 0.25) is 0 Å². The highest BCUT2D eigenvalue weighted by molar-refractivity contribution is 7.89. The van der Waals surface area contributed by atoms with Gasteiger partial charge in [0.15, 0.2) is 5.03 Å². The number of rotatable bonds is 5. The van der Waals surface area contributed by atoms with Crippen molar-refractivity contribution in [3.05, 3.63) is 48.2 Å². The summed E-state index contributed by atoms with van der Waals surface area (Å²) in [4.78, 5) is 3.86. The number of halogens is 1. The van der Waals surface area contributed by atoms with E-state index in [1.807, 2.05) is 0 Å². The van der Waals surface area contributed by atoms with Gasteiger partial charge in [-0.25, -0.2) is 17.8 Å². The molecular weight excluding hydrogens is 309 g/mol. The van der Waals surface area contributed by atoms with Gasteiger partial charge in [-0.1, -0.05) is 18.2 Å². The van der Waals surface area contributed by atoms with E-state index in [1.54, 1.807) is 29.8 Å². The molecule has 1 aliphatic rings. The first-order valence-corrected chi connectivity index (χ1v) is 8.24. The van der Waals surface area contributed by atoms with E-state index in [4.69, 9.17) is 4.74 Å². The van der Waals surface area contributed by atoms with Crippen molar-refractivity contribution in [2.24, 2.45) is 7.05 Å². The molecule has 118 valence electrons. The molecule has 2 aromatic rings. The molecule has 0 spiro atoms. The fraction of sp³-hybridized carbons (Fsp3) is 0.357. The van der Waals surface area contributed by atoms with Gasteiger partial charge in [0.1, 0.15) is 5.82 Å². The topological polar surface area (TPSA) is 64.4 Å². The van der Waals surface area contributed by atoms with E-state index in [1.165, 1.54) is 22.9 Å². The first-order chi connectivity index (χ1) is 10.5. The molecule has 0 bridgehead atoms. The van der Waals surface area contributed by atoms with Crippen molar-refractivity contribution in [2.75, 3.05) is 13.1 Å². The summed E-state index contributed by atoms with van der Waals surface area (Å²) in [5.41, 5.74) is 0.466. The van der Waals surface area contributed by atoms with Gasteiger partial charge in [0.05, 0.1) is 19.0 Å². The third-order valence-electron chi connectivity index (χ3n) is 3.53. The van der Waals surface area contributed by atoms with Crippen LogP contribution in [0.25, 0.3) is 0 Å². The van der Waals surface area contributed by atoms with E-state index in [9.17, 15) is 12.8 Å². The second-order valence-corrected chi connectivity index (χ2v) is 7.11. The van der Waals surface area contributed by atoms with Crippen molar-refractivity contribution in [3.63, 3.8) is 0 Å². The Kier molecular flexibility index (Phi) is 3.98. The molecule has 1 fully saturated rings. The fourth-order valence-corrected chi connectivity index (χ4v) is 3.65. The normalized spacial score (nSPS) is 16.6. The summed E-state index contributed by atoms with van der Waals surface area (Å²) in [6.07, 6.45) is 2.68. The molecule has 3 rings (SSSR count). The van der Waals surface area contributed by atoms with E-state index >= 15 is 0 Å². The monoisotopic (exact) mass is 325 g/mol. The lowest BCUT2D eigenvalue weighted by Crippen LogP contribution is -2.54. The van der Waals surface area contributed by atoms with Crippen molar-refractivity contribution >= 4 is 10.0 Å². The molecule has 0 amide bonds. The summed E-state index contributed by atoms with van der Waals surface area (Å²) in [5, 5.41) is 0.0301. The van der Waals surface area contributed by atoms with Crippen LogP contribution in [0, 0.1) is 5.82 Å². The summed E-state index contributed by atoms with van der Waals surface area (Å²) in [5.74, 6) is -0.320. The van der Waals surface area contributed by atoms with Crippen molar-refractivity contribution in [2.45, 2.75) is 17.7 Å². The summed E-state index contributed by atoms with van der Waals surface area (Å²) >= 11 is 0. The van der Waals surface area contributed by atoms with Gasteiger partial charge < -0.3 is 9.30 Å². The molecule has 0 atom stereocenters. The van der Waals surface area contributed by atoms with Crippen LogP contribution < -0.4 is 0 Å². The Hall–Kier alpha value is -1.77. The van der Waals surface area contributed by atoms with Gasteiger partial charge in [-0.15, -0.1) is 0 Å². The first-order valence-electron chi connectivity index (χ1n) is 6.80. The summed E-state index contributed by atoms with van der Waals surface area (Å²) in [6, 6.07) is 6.37. The predicted molar refractivity (Wildman–Crippen MR) is 76.9 cm³/mol. The highest BCUT2D eigenvalue weighted by Crippen LogP contribution is 2.22. The van der Waals surface area contributed by atoms with Crippen molar-refractivity contribution in [1.82, 2.24) is 13.9 Å². The van der Waals surface area contributed by atoms with Gasteiger partial charge in [-0.05, 0) is 6.07 Å². The van der Waals surface area contributed by atoms with E-state index in [-0.39, 0.29) is 36.6 Å². The van der Waals surface area contributed by atoms with Crippen LogP contribution in [0.15, 0.2) is 41.8 Å². The molecule has 0 radical (unpaired) electrons. The van der Waals surface area contributed by atoms with Gasteiger partial charge in [0.25, 0.3) is 10.0 Å². The number of nitrogens with zero attached hydrogens (tertiary/aromatic N) is 3. The van der Waals surface area contributed by atoms with E-state index in [0.717, 1.165) is 0 Å². The molecule has 1 aromatic carbocycles. The minimum Gasteiger partial charge on any atom is -0.371 e. The molecule has 0 N–H and O–H groups in total. The zero-order valence-corrected chi connectivity index (χ0v) is 12.8. The molecule has 1 saturated heterocycles. The molecule has 1 aliphatic heterocycles. The Bertz CT molecular complexity index is 769. The molecule has 1 aromatic heterocycles. The second-order valence-electron chi connectivity index (χ2n) is 5.22. The molecule has 6 nitrogen and oxygen atoms in total. The SMILES string of the molecule is Cn1cnc(S(=O)(=O)N2CC(OCc3ccccc3F)C2)c1. The molecule has 0 saturated carbocycles. The molecule has 8 heteroatoms. The van der Waals surface area contributed by atoms with Crippen LogP contribution in [0.4, 0.5) is 4.39 Å². The van der Waals surface area contributed by atoms with E-state index in [2.05, 4.69) is 4.98 Å². The van der Waals surface area contributed by atoms with Crippen LogP contribution in [-0.2, 0) is 28.4 Å². The van der Waals surface area contributed by atoms with Crippen LogP contribution in [0.2, 0.25) is 0 Å². The fourth-order valence-electron chi connectivity index (χ4n) is 2.18. The van der Waals surface area contributed by atoms with Gasteiger partial charge in [0, 0.05) is 31.9 Å². The standard InChI is InChI=1S/C14H16FN3O3S/c1-17-8-14(16-10-17)22(19,20)18-6-12(7-18)21-9-11-4-2-3-5-13(11)15/h2-5,8,10,12H,6-7,9H2,1H3. The van der Waals surface area contributed by atoms with Crippen LogP contribution in [-0.4, -0.2) is 41.5 Å².